The molecule has 26 heavy (non-hydrogen) atoms. The Bertz CT molecular complexity index is 1010. The lowest BCUT2D eigenvalue weighted by Crippen LogP contribution is -2.19. The summed E-state index contributed by atoms with van der Waals surface area (Å²) in [7, 11) is 0. The zero-order chi connectivity index (χ0) is 17.8. The Hall–Kier alpha value is -2.51. The van der Waals surface area contributed by atoms with Crippen molar-refractivity contribution in [3.8, 4) is 0 Å². The minimum absolute atomic E-state index is 0.450. The number of anilines is 2. The van der Waals surface area contributed by atoms with Crippen LogP contribution in [0, 0.1) is 3.57 Å². The predicted octanol–water partition coefficient (Wildman–Crippen LogP) is 5.50. The number of para-hydroxylation sites is 1. The third-order valence-electron chi connectivity index (χ3n) is 3.96. The highest BCUT2D eigenvalue weighted by Gasteiger charge is 2.16. The Balaban J connectivity index is 1.77. The summed E-state index contributed by atoms with van der Waals surface area (Å²) in [5.74, 6) is 0.732. The van der Waals surface area contributed by atoms with Crippen LogP contribution < -0.4 is 5.06 Å². The molecule has 4 aromatic rings. The van der Waals surface area contributed by atoms with E-state index in [0.29, 0.717) is 6.61 Å². The highest BCUT2D eigenvalue weighted by Crippen LogP contribution is 2.31. The molecule has 0 aliphatic rings. The van der Waals surface area contributed by atoms with Gasteiger partial charge in [-0.2, -0.15) is 0 Å². The van der Waals surface area contributed by atoms with Gasteiger partial charge in [0.25, 0.3) is 0 Å². The Morgan fingerprint density at radius 2 is 1.58 bits per heavy atom. The smallest absolute Gasteiger partial charge is 0.169 e. The van der Waals surface area contributed by atoms with Crippen molar-refractivity contribution in [3.05, 3.63) is 94.3 Å². The molecule has 0 atom stereocenters. The van der Waals surface area contributed by atoms with E-state index in [-0.39, 0.29) is 0 Å². The minimum atomic E-state index is 0.450. The predicted molar refractivity (Wildman–Crippen MR) is 112 cm³/mol. The minimum Gasteiger partial charge on any atom is -0.262 e. The number of halogens is 1. The van der Waals surface area contributed by atoms with E-state index in [9.17, 15) is 0 Å². The van der Waals surface area contributed by atoms with E-state index in [1.807, 2.05) is 72.8 Å². The molecular formula is C21H16IN3O. The third kappa shape index (κ3) is 3.68. The van der Waals surface area contributed by atoms with Gasteiger partial charge in [0, 0.05) is 8.96 Å². The molecule has 5 heteroatoms. The zero-order valence-electron chi connectivity index (χ0n) is 13.9. The molecule has 0 aliphatic carbocycles. The maximum atomic E-state index is 6.19. The highest BCUT2D eigenvalue weighted by atomic mass is 127. The lowest BCUT2D eigenvalue weighted by Gasteiger charge is -2.24. The van der Waals surface area contributed by atoms with Gasteiger partial charge in [-0.3, -0.25) is 4.84 Å². The molecule has 1 heterocycles. The Labute approximate surface area is 165 Å². The molecule has 128 valence electrons. The molecule has 0 N–H and O–H groups in total. The Morgan fingerprint density at radius 1 is 0.846 bits per heavy atom. The average Bonchev–Trinajstić information content (AvgIpc) is 2.70. The summed E-state index contributed by atoms with van der Waals surface area (Å²) in [6.07, 6.45) is 1.58. The first-order chi connectivity index (χ1) is 12.8. The van der Waals surface area contributed by atoms with Crippen molar-refractivity contribution in [2.75, 3.05) is 5.06 Å². The molecule has 0 saturated heterocycles. The van der Waals surface area contributed by atoms with Gasteiger partial charge in [0.2, 0.25) is 0 Å². The SMILES string of the molecule is Ic1ccc2ncnc(N(OCc3ccccc3)c3ccccc3)c2c1. The summed E-state index contributed by atoms with van der Waals surface area (Å²) in [6.45, 7) is 0.450. The largest absolute Gasteiger partial charge is 0.262 e. The molecule has 0 bridgehead atoms. The van der Waals surface area contributed by atoms with Crippen LogP contribution in [0.2, 0.25) is 0 Å². The van der Waals surface area contributed by atoms with Gasteiger partial charge in [0.05, 0.1) is 11.2 Å². The van der Waals surface area contributed by atoms with Crippen molar-refractivity contribution < 1.29 is 4.84 Å². The fourth-order valence-electron chi connectivity index (χ4n) is 2.71. The van der Waals surface area contributed by atoms with Gasteiger partial charge >= 0.3 is 0 Å². The summed E-state index contributed by atoms with van der Waals surface area (Å²) < 4.78 is 1.13. The first-order valence-electron chi connectivity index (χ1n) is 8.23. The quantitative estimate of drug-likeness (QED) is 0.295. The molecule has 3 aromatic carbocycles. The second-order valence-electron chi connectivity index (χ2n) is 5.75. The summed E-state index contributed by atoms with van der Waals surface area (Å²) in [5, 5.41) is 2.74. The van der Waals surface area contributed by atoms with Gasteiger partial charge in [-0.15, -0.1) is 0 Å². The summed E-state index contributed by atoms with van der Waals surface area (Å²) >= 11 is 2.30. The molecule has 4 nitrogen and oxygen atoms in total. The molecular weight excluding hydrogens is 437 g/mol. The monoisotopic (exact) mass is 453 g/mol. The molecule has 0 unspecified atom stereocenters. The van der Waals surface area contributed by atoms with Gasteiger partial charge in [0.1, 0.15) is 12.9 Å². The second-order valence-corrected chi connectivity index (χ2v) is 6.99. The van der Waals surface area contributed by atoms with Crippen molar-refractivity contribution in [1.29, 1.82) is 0 Å². The van der Waals surface area contributed by atoms with E-state index in [2.05, 4.69) is 38.6 Å². The molecule has 0 amide bonds. The number of rotatable bonds is 5. The maximum Gasteiger partial charge on any atom is 0.169 e. The second kappa shape index (κ2) is 7.80. The van der Waals surface area contributed by atoms with E-state index in [4.69, 9.17) is 4.84 Å². The van der Waals surface area contributed by atoms with E-state index in [1.54, 1.807) is 11.4 Å². The third-order valence-corrected chi connectivity index (χ3v) is 4.63. The molecule has 0 aliphatic heterocycles. The first kappa shape index (κ1) is 16.9. The number of benzene rings is 3. The number of aromatic nitrogens is 2. The van der Waals surface area contributed by atoms with Gasteiger partial charge in [-0.25, -0.2) is 15.0 Å². The first-order valence-corrected chi connectivity index (χ1v) is 9.31. The van der Waals surface area contributed by atoms with Crippen molar-refractivity contribution in [2.24, 2.45) is 0 Å². The van der Waals surface area contributed by atoms with Crippen LogP contribution in [0.5, 0.6) is 0 Å². The molecule has 0 radical (unpaired) electrons. The van der Waals surface area contributed by atoms with Crippen molar-refractivity contribution >= 4 is 45.0 Å². The van der Waals surface area contributed by atoms with Gasteiger partial charge < -0.3 is 0 Å². The van der Waals surface area contributed by atoms with E-state index >= 15 is 0 Å². The topological polar surface area (TPSA) is 38.2 Å². The van der Waals surface area contributed by atoms with Crippen LogP contribution in [-0.2, 0) is 11.4 Å². The molecule has 1 aromatic heterocycles. The molecule has 0 saturated carbocycles. The standard InChI is InChI=1S/C21H16IN3O/c22-17-11-12-20-19(13-17)21(24-15-23-20)25(18-9-5-2-6-10-18)26-14-16-7-3-1-4-8-16/h1-13,15H,14H2. The highest BCUT2D eigenvalue weighted by molar-refractivity contribution is 14.1. The van der Waals surface area contributed by atoms with Crippen LogP contribution in [0.4, 0.5) is 11.5 Å². The summed E-state index contributed by atoms with van der Waals surface area (Å²) in [6, 6.07) is 26.2. The summed E-state index contributed by atoms with van der Waals surface area (Å²) in [5.41, 5.74) is 2.91. The van der Waals surface area contributed by atoms with Crippen LogP contribution in [0.1, 0.15) is 5.56 Å². The number of nitrogens with zero attached hydrogens (tertiary/aromatic N) is 3. The van der Waals surface area contributed by atoms with Gasteiger partial charge in [0.15, 0.2) is 5.82 Å². The van der Waals surface area contributed by atoms with Gasteiger partial charge in [-0.1, -0.05) is 48.5 Å². The van der Waals surface area contributed by atoms with E-state index < -0.39 is 0 Å². The lowest BCUT2D eigenvalue weighted by atomic mass is 10.2. The van der Waals surface area contributed by atoms with Crippen LogP contribution in [0.25, 0.3) is 10.9 Å². The number of hydrogen-bond acceptors (Lipinski definition) is 4. The van der Waals surface area contributed by atoms with Crippen molar-refractivity contribution in [3.63, 3.8) is 0 Å². The normalized spacial score (nSPS) is 10.8. The molecule has 4 rings (SSSR count). The number of hydrogen-bond donors (Lipinski definition) is 0. The zero-order valence-corrected chi connectivity index (χ0v) is 16.1. The average molecular weight is 453 g/mol. The molecule has 0 spiro atoms. The lowest BCUT2D eigenvalue weighted by molar-refractivity contribution is 0.121. The Kier molecular flexibility index (Phi) is 5.08. The van der Waals surface area contributed by atoms with Crippen molar-refractivity contribution in [2.45, 2.75) is 6.61 Å². The van der Waals surface area contributed by atoms with Crippen LogP contribution in [0.3, 0.4) is 0 Å². The maximum absolute atomic E-state index is 6.19. The van der Waals surface area contributed by atoms with Crippen LogP contribution in [-0.4, -0.2) is 9.97 Å². The van der Waals surface area contributed by atoms with E-state index in [0.717, 1.165) is 31.5 Å². The fraction of sp³-hybridized carbons (Fsp3) is 0.0476. The van der Waals surface area contributed by atoms with E-state index in [1.165, 1.54) is 0 Å². The van der Waals surface area contributed by atoms with Gasteiger partial charge in [-0.05, 0) is 58.5 Å². The Morgan fingerprint density at radius 3 is 2.35 bits per heavy atom. The fourth-order valence-corrected chi connectivity index (χ4v) is 3.20. The summed E-state index contributed by atoms with van der Waals surface area (Å²) in [4.78, 5) is 15.1. The molecule has 0 fully saturated rings. The van der Waals surface area contributed by atoms with Crippen molar-refractivity contribution in [1.82, 2.24) is 9.97 Å². The number of fused-ring (bicyclic) bond motifs is 1. The van der Waals surface area contributed by atoms with Crippen LogP contribution in [0.15, 0.2) is 85.2 Å². The van der Waals surface area contributed by atoms with Crippen LogP contribution >= 0.6 is 22.6 Å².